The number of nitrogens with two attached hydrogens (primary N) is 1. The molecule has 3 aromatic rings. The number of hydrogen-bond acceptors (Lipinski definition) is 6. The van der Waals surface area contributed by atoms with E-state index in [-0.39, 0.29) is 31.2 Å². The first kappa shape index (κ1) is 22.4. The summed E-state index contributed by atoms with van der Waals surface area (Å²) >= 11 is 0. The summed E-state index contributed by atoms with van der Waals surface area (Å²) in [4.78, 5) is 41.5. The summed E-state index contributed by atoms with van der Waals surface area (Å²) in [5.74, 6) is -0.175. The van der Waals surface area contributed by atoms with Gasteiger partial charge in [0.15, 0.2) is 12.3 Å². The molecular weight excluding hydrogens is 410 g/mol. The number of anilines is 2. The molecule has 3 N–H and O–H groups in total. The number of H-pyrrole nitrogens is 1. The molecule has 0 radical (unpaired) electrons. The van der Waals surface area contributed by atoms with Crippen molar-refractivity contribution in [2.75, 3.05) is 23.8 Å². The molecule has 1 aromatic heterocycles. The van der Waals surface area contributed by atoms with Crippen molar-refractivity contribution in [2.24, 2.45) is 0 Å². The van der Waals surface area contributed by atoms with Gasteiger partial charge in [0.1, 0.15) is 11.6 Å². The molecule has 1 heterocycles. The highest BCUT2D eigenvalue weighted by atomic mass is 16.5. The first-order chi connectivity index (χ1) is 15.4. The molecule has 0 bridgehead atoms. The minimum Gasteiger partial charge on any atom is -0.484 e. The number of aromatic nitrogens is 2. The van der Waals surface area contributed by atoms with E-state index in [0.717, 1.165) is 5.56 Å². The molecule has 2 aromatic carbocycles. The molecule has 0 unspecified atom stereocenters. The van der Waals surface area contributed by atoms with E-state index in [1.807, 2.05) is 43.3 Å². The first-order valence-corrected chi connectivity index (χ1v) is 10.0. The summed E-state index contributed by atoms with van der Waals surface area (Å²) in [5.41, 5.74) is 6.02. The van der Waals surface area contributed by atoms with Gasteiger partial charge < -0.3 is 15.4 Å². The molecule has 0 aliphatic rings. The van der Waals surface area contributed by atoms with Crippen LogP contribution in [0.3, 0.4) is 0 Å². The number of aromatic amines is 1. The molecule has 164 valence electrons. The Bertz CT molecular complexity index is 1240. The lowest BCUT2D eigenvalue weighted by molar-refractivity contribution is -0.120. The van der Waals surface area contributed by atoms with Gasteiger partial charge in [0.25, 0.3) is 11.5 Å². The zero-order valence-corrected chi connectivity index (χ0v) is 17.6. The molecule has 0 saturated heterocycles. The Morgan fingerprint density at radius 3 is 2.47 bits per heavy atom. The SMILES string of the molecule is CCCN(C(=O)COc1ccc(C#N)cc1)c1c(N)n(Cc2ccccc2)c(=O)[nH]c1=O. The number of nitrogens with one attached hydrogen (secondary N) is 1. The third-order valence-electron chi connectivity index (χ3n) is 4.76. The van der Waals surface area contributed by atoms with Crippen LogP contribution in [0.15, 0.2) is 64.2 Å². The second kappa shape index (κ2) is 10.1. The molecule has 1 amide bonds. The van der Waals surface area contributed by atoms with Crippen LogP contribution in [0.2, 0.25) is 0 Å². The number of amides is 1. The van der Waals surface area contributed by atoms with Crippen LogP contribution in [0, 0.1) is 11.3 Å². The van der Waals surface area contributed by atoms with Gasteiger partial charge in [-0.2, -0.15) is 5.26 Å². The topological polar surface area (TPSA) is 134 Å². The van der Waals surface area contributed by atoms with E-state index in [0.29, 0.717) is 17.7 Å². The Morgan fingerprint density at radius 2 is 1.84 bits per heavy atom. The quantitative estimate of drug-likeness (QED) is 0.557. The van der Waals surface area contributed by atoms with Gasteiger partial charge in [0.05, 0.1) is 18.2 Å². The summed E-state index contributed by atoms with van der Waals surface area (Å²) in [5, 5.41) is 8.87. The molecule has 0 spiro atoms. The van der Waals surface area contributed by atoms with Gasteiger partial charge >= 0.3 is 5.69 Å². The van der Waals surface area contributed by atoms with Gasteiger partial charge in [0.2, 0.25) is 0 Å². The molecule has 0 aliphatic heterocycles. The number of ether oxygens (including phenoxy) is 1. The van der Waals surface area contributed by atoms with E-state index in [9.17, 15) is 14.4 Å². The molecule has 0 fully saturated rings. The molecule has 9 nitrogen and oxygen atoms in total. The van der Waals surface area contributed by atoms with Crippen molar-refractivity contribution in [1.82, 2.24) is 9.55 Å². The Labute approximate surface area is 184 Å². The second-order valence-electron chi connectivity index (χ2n) is 7.04. The lowest BCUT2D eigenvalue weighted by atomic mass is 10.2. The Balaban J connectivity index is 1.89. The van der Waals surface area contributed by atoms with Crippen LogP contribution in [0.5, 0.6) is 5.75 Å². The number of nitriles is 1. The van der Waals surface area contributed by atoms with Crippen molar-refractivity contribution < 1.29 is 9.53 Å². The van der Waals surface area contributed by atoms with Crippen molar-refractivity contribution in [3.8, 4) is 11.8 Å². The number of nitrogen functional groups attached to an aromatic ring is 1. The van der Waals surface area contributed by atoms with Gasteiger partial charge in [-0.15, -0.1) is 0 Å². The molecule has 32 heavy (non-hydrogen) atoms. The highest BCUT2D eigenvalue weighted by molar-refractivity contribution is 5.96. The van der Waals surface area contributed by atoms with Gasteiger partial charge in [-0.3, -0.25) is 19.1 Å². The van der Waals surface area contributed by atoms with Crippen molar-refractivity contribution in [3.63, 3.8) is 0 Å². The maximum absolute atomic E-state index is 12.9. The highest BCUT2D eigenvalue weighted by Crippen LogP contribution is 2.19. The predicted octanol–water partition coefficient (Wildman–Crippen LogP) is 1.86. The van der Waals surface area contributed by atoms with Crippen LogP contribution >= 0.6 is 0 Å². The third-order valence-corrected chi connectivity index (χ3v) is 4.76. The summed E-state index contributed by atoms with van der Waals surface area (Å²) in [6.07, 6.45) is 0.555. The maximum atomic E-state index is 12.9. The number of hydrogen-bond donors (Lipinski definition) is 2. The van der Waals surface area contributed by atoms with Crippen LogP contribution < -0.4 is 26.6 Å². The predicted molar refractivity (Wildman–Crippen MR) is 121 cm³/mol. The highest BCUT2D eigenvalue weighted by Gasteiger charge is 2.24. The summed E-state index contributed by atoms with van der Waals surface area (Å²) in [6.45, 7) is 1.87. The summed E-state index contributed by atoms with van der Waals surface area (Å²) < 4.78 is 6.75. The number of carbonyl (C=O) groups excluding carboxylic acids is 1. The van der Waals surface area contributed by atoms with Gasteiger partial charge in [-0.1, -0.05) is 37.3 Å². The van der Waals surface area contributed by atoms with E-state index < -0.39 is 17.2 Å². The molecule has 0 atom stereocenters. The first-order valence-electron chi connectivity index (χ1n) is 10.0. The van der Waals surface area contributed by atoms with Crippen LogP contribution in [-0.2, 0) is 11.3 Å². The number of benzene rings is 2. The number of nitrogens with zero attached hydrogens (tertiary/aromatic N) is 3. The lowest BCUT2D eigenvalue weighted by Gasteiger charge is -2.24. The second-order valence-corrected chi connectivity index (χ2v) is 7.04. The smallest absolute Gasteiger partial charge is 0.330 e. The van der Waals surface area contributed by atoms with Gasteiger partial charge in [0, 0.05) is 6.54 Å². The van der Waals surface area contributed by atoms with Crippen molar-refractivity contribution >= 4 is 17.4 Å². The molecule has 9 heteroatoms. The number of rotatable bonds is 8. The Hall–Kier alpha value is -4.32. The van der Waals surface area contributed by atoms with Crippen molar-refractivity contribution in [1.29, 1.82) is 5.26 Å². The number of carbonyl (C=O) groups is 1. The lowest BCUT2D eigenvalue weighted by Crippen LogP contribution is -2.43. The van der Waals surface area contributed by atoms with Crippen LogP contribution in [0.25, 0.3) is 0 Å². The van der Waals surface area contributed by atoms with Gasteiger partial charge in [-0.05, 0) is 36.2 Å². The minimum absolute atomic E-state index is 0.0872. The zero-order chi connectivity index (χ0) is 23.1. The van der Waals surface area contributed by atoms with E-state index in [1.165, 1.54) is 9.47 Å². The molecule has 0 saturated carbocycles. The summed E-state index contributed by atoms with van der Waals surface area (Å²) in [7, 11) is 0. The standard InChI is InChI=1S/C23H23N5O4/c1-2-12-27(19(29)15-32-18-10-8-16(13-24)9-11-18)20-21(25)28(23(31)26-22(20)30)14-17-6-4-3-5-7-17/h3-11H,2,12,14-15,25H2,1H3,(H,26,30,31). The Morgan fingerprint density at radius 1 is 1.16 bits per heavy atom. The fourth-order valence-corrected chi connectivity index (χ4v) is 3.19. The Kier molecular flexibility index (Phi) is 7.08. The van der Waals surface area contributed by atoms with E-state index in [2.05, 4.69) is 4.98 Å². The fraction of sp³-hybridized carbons (Fsp3) is 0.217. The molecular formula is C23H23N5O4. The minimum atomic E-state index is -0.739. The van der Waals surface area contributed by atoms with Gasteiger partial charge in [-0.25, -0.2) is 4.79 Å². The average Bonchev–Trinajstić information content (AvgIpc) is 2.80. The largest absolute Gasteiger partial charge is 0.484 e. The fourth-order valence-electron chi connectivity index (χ4n) is 3.19. The van der Waals surface area contributed by atoms with E-state index >= 15 is 0 Å². The molecule has 3 rings (SSSR count). The molecule has 0 aliphatic carbocycles. The zero-order valence-electron chi connectivity index (χ0n) is 17.6. The van der Waals surface area contributed by atoms with Crippen LogP contribution in [0.1, 0.15) is 24.5 Å². The maximum Gasteiger partial charge on any atom is 0.330 e. The van der Waals surface area contributed by atoms with E-state index in [4.69, 9.17) is 15.7 Å². The van der Waals surface area contributed by atoms with Crippen LogP contribution in [0.4, 0.5) is 11.5 Å². The summed E-state index contributed by atoms with van der Waals surface area (Å²) in [6, 6.07) is 17.5. The van der Waals surface area contributed by atoms with Crippen LogP contribution in [-0.4, -0.2) is 28.6 Å². The van der Waals surface area contributed by atoms with E-state index in [1.54, 1.807) is 24.3 Å². The normalized spacial score (nSPS) is 10.4. The third kappa shape index (κ3) is 5.05. The monoisotopic (exact) mass is 433 g/mol. The van der Waals surface area contributed by atoms with Crippen molar-refractivity contribution in [3.05, 3.63) is 86.6 Å². The van der Waals surface area contributed by atoms with Crippen molar-refractivity contribution in [2.45, 2.75) is 19.9 Å². The average molecular weight is 433 g/mol.